The van der Waals surface area contributed by atoms with Gasteiger partial charge in [0.05, 0.1) is 66.2 Å². The van der Waals surface area contributed by atoms with E-state index in [4.69, 9.17) is 36.5 Å². The molecule has 15 rings (SSSR count). The molecule has 0 amide bonds. The third-order valence-corrected chi connectivity index (χ3v) is 17.1. The van der Waals surface area contributed by atoms with Gasteiger partial charge in [0.2, 0.25) is 0 Å². The summed E-state index contributed by atoms with van der Waals surface area (Å²) in [5, 5.41) is 27.5. The number of H-pyrrole nitrogens is 4. The van der Waals surface area contributed by atoms with Gasteiger partial charge < -0.3 is 51.5 Å². The van der Waals surface area contributed by atoms with Crippen molar-refractivity contribution >= 4 is 67.9 Å². The topological polar surface area (TPSA) is 289 Å². The molecule has 0 saturated carbocycles. The summed E-state index contributed by atoms with van der Waals surface area (Å²) in [4.78, 5) is 47.1. The third-order valence-electron chi connectivity index (χ3n) is 17.1. The van der Waals surface area contributed by atoms with Crippen LogP contribution in [-0.2, 0) is 72.6 Å². The number of nitrogens with zero attached hydrogens (tertiary/aromatic N) is 5. The van der Waals surface area contributed by atoms with Crippen molar-refractivity contribution < 1.29 is 33.7 Å². The lowest BCUT2D eigenvalue weighted by atomic mass is 9.94. The van der Waals surface area contributed by atoms with Gasteiger partial charge in [0.1, 0.15) is 17.5 Å². The first-order valence-corrected chi connectivity index (χ1v) is 30.8. The fourth-order valence-corrected chi connectivity index (χ4v) is 12.4. The summed E-state index contributed by atoms with van der Waals surface area (Å²) < 4.78 is 21.0. The number of aryl methyl sites for hydroxylation is 5. The van der Waals surface area contributed by atoms with Gasteiger partial charge in [-0.2, -0.15) is 19.6 Å². The lowest BCUT2D eigenvalue weighted by molar-refractivity contribution is 0.0315. The average Bonchev–Trinajstić information content (AvgIpc) is 1.64. The Hall–Kier alpha value is -10.3. The number of rotatable bonds is 12. The van der Waals surface area contributed by atoms with E-state index in [0.717, 1.165) is 128 Å². The number of hydrogen-bond donors (Lipinski definition) is 8. The zero-order valence-corrected chi connectivity index (χ0v) is 51.2. The molecule has 92 heavy (non-hydrogen) atoms. The smallest absolute Gasteiger partial charge is 0.336 e. The molecule has 0 fully saturated rings. The second-order valence-corrected chi connectivity index (χ2v) is 23.6. The van der Waals surface area contributed by atoms with E-state index in [9.17, 15) is 14.4 Å². The number of carbonyl (C=O) groups excluding carboxylic acids is 2. The molecule has 6 aromatic carbocycles. The number of hydrogen-bond acceptors (Lipinski definition) is 12. The highest BCUT2D eigenvalue weighted by molar-refractivity contribution is 6.09. The minimum Gasteiger partial charge on any atom is -0.478 e. The number of nitrogens with two attached hydrogens (primary N) is 3. The van der Waals surface area contributed by atoms with Gasteiger partial charge in [-0.3, -0.25) is 14.7 Å². The van der Waals surface area contributed by atoms with E-state index in [1.54, 1.807) is 12.1 Å². The first-order chi connectivity index (χ1) is 44.2. The standard InChI is InChI=1S/2C24H24N4O2.C14H17N3O.C10H9NO2.CH4/c1-15-12-19-18(8-5-9-21(19)26-15)24(29)28-22-11-10-17(13-20(22)23(25)27-28)30-14-16-6-3-2-4-7-16;1-15-12-19-18(8-5-9-21(19)26-15)24(29)28-23(25)20-13-17(10-11-22(20)27-28)30-14-16-6-3-2-4-7-16;15-14-12-8-11(6-7-13(12)16-17-14)18-9-10-4-2-1-3-5-10;1-6-5-8-7(10(12)13)3-2-4-9(8)11-6;/h2-9,12,17,26H,10-11,13-14H2,1H3,(H2,25,27);2-9,12,17,26H,10-11,13-14,25H2,1H3;1-5,11H,6-9H2,(H3,15,16,17);2-5,11H,1H3,(H,12,13);1H4. The molecular weight excluding hydrogens is 1160 g/mol. The highest BCUT2D eigenvalue weighted by Crippen LogP contribution is 2.33. The SMILES string of the molecule is C.Cc1cc2c(C(=O)O)cccc2[nH]1.Cc1cc2c(C(=O)n3nc(N)c4c3CCC(OCc3ccccc3)C4)cccc2[nH]1.Cc1cc2c(C(=O)n3nc4c(c3N)CC(OCc3ccccc3)CC4)cccc2[nH]1.Nc1n[nH]c2c1CC(OCc1ccccc1)CC2. The van der Waals surface area contributed by atoms with Crippen molar-refractivity contribution in [2.45, 2.75) is 124 Å². The highest BCUT2D eigenvalue weighted by Gasteiger charge is 2.31. The lowest BCUT2D eigenvalue weighted by Gasteiger charge is -2.23. The maximum absolute atomic E-state index is 13.3. The molecule has 11 N–H and O–H groups in total. The normalized spacial score (nSPS) is 15.5. The first-order valence-electron chi connectivity index (χ1n) is 30.8. The number of anilines is 3. The van der Waals surface area contributed by atoms with Gasteiger partial charge >= 0.3 is 5.97 Å². The third kappa shape index (κ3) is 14.1. The molecule has 0 spiro atoms. The van der Waals surface area contributed by atoms with Crippen LogP contribution in [0.4, 0.5) is 17.5 Å². The predicted molar refractivity (Wildman–Crippen MR) is 360 cm³/mol. The lowest BCUT2D eigenvalue weighted by Crippen LogP contribution is -2.25. The Labute approximate surface area is 533 Å². The zero-order valence-electron chi connectivity index (χ0n) is 51.2. The molecule has 12 aromatic rings. The second-order valence-electron chi connectivity index (χ2n) is 23.6. The number of carboxylic acids is 1. The van der Waals surface area contributed by atoms with Crippen molar-refractivity contribution in [1.82, 2.24) is 44.7 Å². The van der Waals surface area contributed by atoms with E-state index in [-0.39, 0.29) is 37.6 Å². The molecule has 472 valence electrons. The zero-order chi connectivity index (χ0) is 63.1. The van der Waals surface area contributed by atoms with E-state index in [1.807, 2.05) is 136 Å². The van der Waals surface area contributed by atoms with Crippen molar-refractivity contribution in [3.8, 4) is 0 Å². The number of benzene rings is 6. The molecular formula is C73H78N12O7. The van der Waals surface area contributed by atoms with Crippen molar-refractivity contribution in [1.29, 1.82) is 0 Å². The number of fused-ring (bicyclic) bond motifs is 6. The van der Waals surface area contributed by atoms with Crippen LogP contribution >= 0.6 is 0 Å². The number of carboxylic acid groups (broad SMARTS) is 1. The van der Waals surface area contributed by atoms with E-state index < -0.39 is 5.97 Å². The number of ether oxygens (including phenoxy) is 3. The highest BCUT2D eigenvalue weighted by atomic mass is 16.5. The van der Waals surface area contributed by atoms with Gasteiger partial charge in [0, 0.05) is 91.4 Å². The van der Waals surface area contributed by atoms with Gasteiger partial charge in [-0.1, -0.05) is 117 Å². The number of aromatic nitrogens is 9. The molecule has 3 unspecified atom stereocenters. The van der Waals surface area contributed by atoms with Crippen LogP contribution in [0.5, 0.6) is 0 Å². The molecule has 3 aliphatic carbocycles. The molecule has 0 saturated heterocycles. The summed E-state index contributed by atoms with van der Waals surface area (Å²) in [6.45, 7) is 7.68. The van der Waals surface area contributed by atoms with E-state index in [2.05, 4.69) is 71.7 Å². The Kier molecular flexibility index (Phi) is 19.4. The Morgan fingerprint density at radius 2 is 0.924 bits per heavy atom. The van der Waals surface area contributed by atoms with Crippen LogP contribution < -0.4 is 17.2 Å². The quantitative estimate of drug-likeness (QED) is 0.0565. The van der Waals surface area contributed by atoms with E-state index in [0.29, 0.717) is 73.2 Å². The van der Waals surface area contributed by atoms with Crippen LogP contribution in [-0.4, -0.2) is 85.9 Å². The molecule has 19 heteroatoms. The fourth-order valence-electron chi connectivity index (χ4n) is 12.4. The number of carbonyl (C=O) groups is 3. The fraction of sp³-hybridized carbons (Fsp3) is 0.260. The van der Waals surface area contributed by atoms with Crippen LogP contribution in [0.1, 0.15) is 125 Å². The number of aromatic carboxylic acids is 1. The van der Waals surface area contributed by atoms with Crippen LogP contribution in [0.2, 0.25) is 0 Å². The molecule has 3 aliphatic rings. The van der Waals surface area contributed by atoms with Crippen LogP contribution in [0, 0.1) is 20.8 Å². The number of aromatic amines is 4. The predicted octanol–water partition coefficient (Wildman–Crippen LogP) is 12.9. The van der Waals surface area contributed by atoms with E-state index >= 15 is 0 Å². The van der Waals surface area contributed by atoms with Crippen molar-refractivity contribution in [3.63, 3.8) is 0 Å². The van der Waals surface area contributed by atoms with Crippen molar-refractivity contribution in [2.24, 2.45) is 0 Å². The summed E-state index contributed by atoms with van der Waals surface area (Å²) in [5.74, 6) is 0.239. The first kappa shape index (κ1) is 63.2. The molecule has 6 aromatic heterocycles. The Morgan fingerprint density at radius 1 is 0.500 bits per heavy atom. The Balaban J connectivity index is 0.000000131. The Bertz CT molecular complexity index is 4490. The second kappa shape index (κ2) is 28.2. The average molecular weight is 1240 g/mol. The summed E-state index contributed by atoms with van der Waals surface area (Å²) in [7, 11) is 0. The molecule has 19 nitrogen and oxygen atoms in total. The number of nitrogens with one attached hydrogen (secondary N) is 4. The molecule has 6 heterocycles. The summed E-state index contributed by atoms with van der Waals surface area (Å²) in [6.07, 6.45) is 7.79. The maximum atomic E-state index is 13.3. The molecule has 0 bridgehead atoms. The largest absolute Gasteiger partial charge is 0.478 e. The minimum atomic E-state index is -0.885. The van der Waals surface area contributed by atoms with E-state index in [1.165, 1.54) is 20.6 Å². The maximum Gasteiger partial charge on any atom is 0.336 e. The van der Waals surface area contributed by atoms with Crippen LogP contribution in [0.25, 0.3) is 32.7 Å². The van der Waals surface area contributed by atoms with Gasteiger partial charge in [-0.15, -0.1) is 5.10 Å². The summed E-state index contributed by atoms with van der Waals surface area (Å²) >= 11 is 0. The summed E-state index contributed by atoms with van der Waals surface area (Å²) in [6, 6.07) is 52.9. The van der Waals surface area contributed by atoms with Crippen molar-refractivity contribution in [2.75, 3.05) is 17.2 Å². The van der Waals surface area contributed by atoms with Gasteiger partial charge in [0.25, 0.3) is 11.8 Å². The van der Waals surface area contributed by atoms with Crippen molar-refractivity contribution in [3.05, 3.63) is 248 Å². The molecule has 3 atom stereocenters. The van der Waals surface area contributed by atoms with Gasteiger partial charge in [-0.25, -0.2) is 4.79 Å². The van der Waals surface area contributed by atoms with Gasteiger partial charge in [-0.05, 0) is 131 Å². The molecule has 0 aliphatic heterocycles. The molecule has 0 radical (unpaired) electrons. The monoisotopic (exact) mass is 1230 g/mol. The number of nitrogen functional groups attached to an aromatic ring is 3. The van der Waals surface area contributed by atoms with Crippen LogP contribution in [0.3, 0.4) is 0 Å². The van der Waals surface area contributed by atoms with Crippen LogP contribution in [0.15, 0.2) is 164 Å². The Morgan fingerprint density at radius 3 is 1.41 bits per heavy atom. The minimum absolute atomic E-state index is 0. The summed E-state index contributed by atoms with van der Waals surface area (Å²) in [5.41, 5.74) is 35.3. The van der Waals surface area contributed by atoms with Gasteiger partial charge in [0.15, 0.2) is 0 Å².